The average Bonchev–Trinajstić information content (AvgIpc) is 2.81. The van der Waals surface area contributed by atoms with E-state index in [0.717, 1.165) is 13.1 Å². The van der Waals surface area contributed by atoms with Crippen molar-refractivity contribution in [1.29, 1.82) is 0 Å². The number of carbonyl (C=O) groups is 1. The fourth-order valence-electron chi connectivity index (χ4n) is 2.73. The Bertz CT molecular complexity index is 648. The molecule has 0 amide bonds. The van der Waals surface area contributed by atoms with Crippen LogP contribution < -0.4 is 10.2 Å². The molecule has 108 valence electrons. The third-order valence-electron chi connectivity index (χ3n) is 3.69. The third kappa shape index (κ3) is 2.79. The van der Waals surface area contributed by atoms with Crippen LogP contribution >= 0.6 is 0 Å². The Morgan fingerprint density at radius 3 is 2.67 bits per heavy atom. The van der Waals surface area contributed by atoms with Crippen molar-refractivity contribution in [1.82, 2.24) is 10.3 Å². The monoisotopic (exact) mass is 283 g/mol. The predicted molar refractivity (Wildman–Crippen MR) is 82.4 cm³/mol. The minimum atomic E-state index is -0.989. The van der Waals surface area contributed by atoms with E-state index >= 15 is 0 Å². The summed E-state index contributed by atoms with van der Waals surface area (Å²) in [5, 5.41) is 12.5. The Balaban J connectivity index is 0.00000161. The molecule has 0 radical (unpaired) electrons. The van der Waals surface area contributed by atoms with Crippen molar-refractivity contribution in [3.05, 3.63) is 23.8 Å². The number of para-hydroxylation sites is 1. The molecule has 7 heteroatoms. The Morgan fingerprint density at radius 2 is 2.05 bits per heavy atom. The van der Waals surface area contributed by atoms with Gasteiger partial charge in [0.15, 0.2) is 5.58 Å². The first-order valence-electron chi connectivity index (χ1n) is 6.70. The number of anilines is 1. The Kier molecular flexibility index (Phi) is 4.62. The van der Waals surface area contributed by atoms with E-state index in [1.165, 1.54) is 0 Å². The van der Waals surface area contributed by atoms with Crippen molar-refractivity contribution in [2.75, 3.05) is 18.0 Å². The minimum absolute atomic E-state index is 0. The van der Waals surface area contributed by atoms with Gasteiger partial charge in [0.05, 0.1) is 5.56 Å². The number of aromatic carboxylic acids is 1. The number of oxazole rings is 1. The Labute approximate surface area is 134 Å². The van der Waals surface area contributed by atoms with E-state index in [0.29, 0.717) is 17.1 Å². The molecule has 1 aliphatic rings. The summed E-state index contributed by atoms with van der Waals surface area (Å²) in [7, 11) is 0. The number of hydrogen-bond acceptors (Lipinski definition) is 5. The van der Waals surface area contributed by atoms with Crippen molar-refractivity contribution in [3.8, 4) is 0 Å². The number of aromatic nitrogens is 1. The second kappa shape index (κ2) is 6.10. The fraction of sp³-hybridized carbons (Fsp3) is 0.429. The molecule has 0 unspecified atom stereocenters. The zero-order valence-electron chi connectivity index (χ0n) is 11.5. The molecule has 1 fully saturated rings. The van der Waals surface area contributed by atoms with Crippen molar-refractivity contribution in [2.24, 2.45) is 0 Å². The van der Waals surface area contributed by atoms with Gasteiger partial charge in [0, 0.05) is 25.2 Å². The Hall–Kier alpha value is -1.48. The topological polar surface area (TPSA) is 78.6 Å². The molecule has 2 heterocycles. The summed E-state index contributed by atoms with van der Waals surface area (Å²) in [6.45, 7) is 5.90. The molecular weight excluding hydrogens is 265 g/mol. The van der Waals surface area contributed by atoms with Crippen LogP contribution in [0.15, 0.2) is 22.6 Å². The van der Waals surface area contributed by atoms with E-state index in [4.69, 9.17) is 4.42 Å². The first-order valence-corrected chi connectivity index (χ1v) is 6.70. The van der Waals surface area contributed by atoms with Gasteiger partial charge in [0.2, 0.25) is 0 Å². The van der Waals surface area contributed by atoms with Crippen LogP contribution in [0.1, 0.15) is 24.2 Å². The van der Waals surface area contributed by atoms with E-state index in [1.54, 1.807) is 18.2 Å². The van der Waals surface area contributed by atoms with E-state index in [-0.39, 0.29) is 36.5 Å². The van der Waals surface area contributed by atoms with Gasteiger partial charge in [0.1, 0.15) is 5.52 Å². The summed E-state index contributed by atoms with van der Waals surface area (Å²) in [4.78, 5) is 17.7. The number of nitrogens with zero attached hydrogens (tertiary/aromatic N) is 2. The van der Waals surface area contributed by atoms with Gasteiger partial charge in [-0.3, -0.25) is 0 Å². The summed E-state index contributed by atoms with van der Waals surface area (Å²) >= 11 is 0. The Morgan fingerprint density at radius 1 is 1.38 bits per heavy atom. The van der Waals surface area contributed by atoms with Crippen LogP contribution in [-0.4, -0.2) is 60.1 Å². The molecular formula is C14H18LiN3O3. The summed E-state index contributed by atoms with van der Waals surface area (Å²) in [5.41, 5.74) is 1.10. The number of carboxylic acids is 1. The molecule has 1 aliphatic heterocycles. The number of benzene rings is 1. The van der Waals surface area contributed by atoms with Crippen LogP contribution in [0, 0.1) is 0 Å². The van der Waals surface area contributed by atoms with E-state index in [9.17, 15) is 9.90 Å². The van der Waals surface area contributed by atoms with Gasteiger partial charge >= 0.3 is 24.8 Å². The zero-order chi connectivity index (χ0) is 14.3. The van der Waals surface area contributed by atoms with Gasteiger partial charge in [-0.15, -0.1) is 0 Å². The number of nitrogens with one attached hydrogen (secondary N) is 1. The maximum atomic E-state index is 11.2. The van der Waals surface area contributed by atoms with Crippen LogP contribution in [0.5, 0.6) is 0 Å². The normalized spacial score (nSPS) is 22.1. The zero-order valence-corrected chi connectivity index (χ0v) is 11.5. The number of carboxylic acid groups (broad SMARTS) is 1. The number of piperazine rings is 1. The van der Waals surface area contributed by atoms with Crippen LogP contribution in [0.3, 0.4) is 0 Å². The van der Waals surface area contributed by atoms with E-state index < -0.39 is 5.97 Å². The summed E-state index contributed by atoms with van der Waals surface area (Å²) in [5.74, 6) is -0.989. The molecule has 2 N–H and O–H groups in total. The molecule has 6 nitrogen and oxygen atoms in total. The van der Waals surface area contributed by atoms with Gasteiger partial charge in [0.25, 0.3) is 6.01 Å². The SMILES string of the molecule is C[C@H]1CNC[C@H](C)N1c1nc2c(C(=O)O)cccc2o1.[LiH]. The molecule has 21 heavy (non-hydrogen) atoms. The number of rotatable bonds is 2. The van der Waals surface area contributed by atoms with Crippen LogP contribution in [0.2, 0.25) is 0 Å². The van der Waals surface area contributed by atoms with Crippen LogP contribution in [-0.2, 0) is 0 Å². The predicted octanol–water partition coefficient (Wildman–Crippen LogP) is 1.06. The second-order valence-electron chi connectivity index (χ2n) is 5.22. The van der Waals surface area contributed by atoms with Gasteiger partial charge in [-0.2, -0.15) is 4.98 Å². The van der Waals surface area contributed by atoms with Crippen LogP contribution in [0.4, 0.5) is 6.01 Å². The van der Waals surface area contributed by atoms with E-state index in [2.05, 4.69) is 29.0 Å². The first kappa shape index (κ1) is 15.9. The molecule has 0 aliphatic carbocycles. The molecule has 3 rings (SSSR count). The second-order valence-corrected chi connectivity index (χ2v) is 5.22. The molecule has 1 saturated heterocycles. The molecule has 1 aromatic carbocycles. The first-order chi connectivity index (χ1) is 9.58. The molecule has 2 aromatic rings. The van der Waals surface area contributed by atoms with Gasteiger partial charge < -0.3 is 19.7 Å². The molecule has 0 saturated carbocycles. The number of fused-ring (bicyclic) bond motifs is 1. The van der Waals surface area contributed by atoms with Gasteiger partial charge in [-0.05, 0) is 26.0 Å². The molecule has 0 spiro atoms. The van der Waals surface area contributed by atoms with Crippen molar-refractivity contribution < 1.29 is 14.3 Å². The van der Waals surface area contributed by atoms with E-state index in [1.807, 2.05) is 0 Å². The summed E-state index contributed by atoms with van der Waals surface area (Å²) in [6.07, 6.45) is 0. The fourth-order valence-corrected chi connectivity index (χ4v) is 2.73. The average molecular weight is 283 g/mol. The van der Waals surface area contributed by atoms with Crippen LogP contribution in [0.25, 0.3) is 11.1 Å². The quantitative estimate of drug-likeness (QED) is 0.803. The third-order valence-corrected chi connectivity index (χ3v) is 3.69. The van der Waals surface area contributed by atoms with Crippen molar-refractivity contribution >= 4 is 41.9 Å². The molecule has 0 bridgehead atoms. The molecule has 2 atom stereocenters. The summed E-state index contributed by atoms with van der Waals surface area (Å²) < 4.78 is 5.76. The summed E-state index contributed by atoms with van der Waals surface area (Å²) in [6, 6.07) is 5.96. The van der Waals surface area contributed by atoms with Gasteiger partial charge in [-0.25, -0.2) is 4.79 Å². The number of hydrogen-bond donors (Lipinski definition) is 2. The maximum absolute atomic E-state index is 11.2. The van der Waals surface area contributed by atoms with Crippen molar-refractivity contribution in [2.45, 2.75) is 25.9 Å². The van der Waals surface area contributed by atoms with Gasteiger partial charge in [-0.1, -0.05) is 6.07 Å². The molecule has 1 aromatic heterocycles. The standard InChI is InChI=1S/C14H17N3O3.Li.H/c1-8-6-15-7-9(2)17(8)14-16-12-10(13(18)19)4-3-5-11(12)20-14;;/h3-5,8-9,15H,6-7H2,1-2H3,(H,18,19);;/t8-,9-;;/m0../s1. The van der Waals surface area contributed by atoms with Crippen molar-refractivity contribution in [3.63, 3.8) is 0 Å².